The summed E-state index contributed by atoms with van der Waals surface area (Å²) in [5.41, 5.74) is 1.09. The lowest BCUT2D eigenvalue weighted by molar-refractivity contribution is 0.217. The molecule has 1 saturated heterocycles. The molecule has 3 rings (SSSR count). The SMILES string of the molecule is CCCN1CCCC(Nc2ccc3c(=O)[nH]ccc3c2)C1. The summed E-state index contributed by atoms with van der Waals surface area (Å²) in [6.45, 7) is 5.75. The number of nitrogens with zero attached hydrogens (tertiary/aromatic N) is 1. The highest BCUT2D eigenvalue weighted by Crippen LogP contribution is 2.20. The van der Waals surface area contributed by atoms with Gasteiger partial charge in [0.15, 0.2) is 0 Å². The Bertz CT molecular complexity index is 662. The molecule has 0 spiro atoms. The second kappa shape index (κ2) is 6.31. The molecule has 1 aliphatic heterocycles. The Morgan fingerprint density at radius 2 is 2.29 bits per heavy atom. The third kappa shape index (κ3) is 3.27. The number of aromatic nitrogens is 1. The third-order valence-corrected chi connectivity index (χ3v) is 4.19. The Hall–Kier alpha value is -1.81. The first-order chi connectivity index (χ1) is 10.3. The van der Waals surface area contributed by atoms with E-state index in [4.69, 9.17) is 0 Å². The quantitative estimate of drug-likeness (QED) is 0.908. The van der Waals surface area contributed by atoms with Crippen LogP contribution in [-0.4, -0.2) is 35.6 Å². The van der Waals surface area contributed by atoms with Crippen LogP contribution in [-0.2, 0) is 0 Å². The number of hydrogen-bond donors (Lipinski definition) is 2. The lowest BCUT2D eigenvalue weighted by Crippen LogP contribution is -2.42. The number of fused-ring (bicyclic) bond motifs is 1. The molecule has 2 heterocycles. The van der Waals surface area contributed by atoms with Gasteiger partial charge < -0.3 is 15.2 Å². The topological polar surface area (TPSA) is 48.1 Å². The van der Waals surface area contributed by atoms with Gasteiger partial charge in [-0.15, -0.1) is 0 Å². The van der Waals surface area contributed by atoms with Crippen LogP contribution in [0.15, 0.2) is 35.3 Å². The molecular formula is C17H23N3O. The van der Waals surface area contributed by atoms with Gasteiger partial charge in [-0.1, -0.05) is 6.92 Å². The molecule has 2 aromatic rings. The Morgan fingerprint density at radius 1 is 1.38 bits per heavy atom. The smallest absolute Gasteiger partial charge is 0.255 e. The van der Waals surface area contributed by atoms with E-state index in [1.807, 2.05) is 18.2 Å². The molecule has 2 N–H and O–H groups in total. The molecule has 0 aliphatic carbocycles. The van der Waals surface area contributed by atoms with Gasteiger partial charge in [-0.25, -0.2) is 0 Å². The van der Waals surface area contributed by atoms with Gasteiger partial charge in [0.05, 0.1) is 0 Å². The number of likely N-dealkylation sites (tertiary alicyclic amines) is 1. The summed E-state index contributed by atoms with van der Waals surface area (Å²) in [5, 5.41) is 5.37. The van der Waals surface area contributed by atoms with Crippen molar-refractivity contribution in [1.29, 1.82) is 0 Å². The molecule has 0 radical (unpaired) electrons. The minimum atomic E-state index is -0.0224. The number of anilines is 1. The molecule has 1 atom stereocenters. The van der Waals surface area contributed by atoms with Crippen LogP contribution in [0.25, 0.3) is 10.8 Å². The van der Waals surface area contributed by atoms with E-state index in [0.717, 1.165) is 23.0 Å². The van der Waals surface area contributed by atoms with Gasteiger partial charge in [0, 0.05) is 29.9 Å². The fraction of sp³-hybridized carbons (Fsp3) is 0.471. The highest BCUT2D eigenvalue weighted by atomic mass is 16.1. The highest BCUT2D eigenvalue weighted by Gasteiger charge is 2.18. The molecule has 1 aliphatic rings. The molecule has 0 saturated carbocycles. The zero-order valence-electron chi connectivity index (χ0n) is 12.6. The number of benzene rings is 1. The monoisotopic (exact) mass is 285 g/mol. The number of H-pyrrole nitrogens is 1. The van der Waals surface area contributed by atoms with Crippen molar-refractivity contribution in [2.45, 2.75) is 32.2 Å². The van der Waals surface area contributed by atoms with Gasteiger partial charge in [-0.05, 0) is 62.0 Å². The minimum absolute atomic E-state index is 0.0224. The molecular weight excluding hydrogens is 262 g/mol. The summed E-state index contributed by atoms with van der Waals surface area (Å²) in [5.74, 6) is 0. The second-order valence-corrected chi connectivity index (χ2v) is 5.89. The van der Waals surface area contributed by atoms with E-state index < -0.39 is 0 Å². The van der Waals surface area contributed by atoms with Crippen LogP contribution in [0.5, 0.6) is 0 Å². The van der Waals surface area contributed by atoms with Gasteiger partial charge in [0.2, 0.25) is 0 Å². The molecule has 1 unspecified atom stereocenters. The Kier molecular flexibility index (Phi) is 4.25. The van der Waals surface area contributed by atoms with Crippen LogP contribution in [0.4, 0.5) is 5.69 Å². The average molecular weight is 285 g/mol. The molecule has 21 heavy (non-hydrogen) atoms. The second-order valence-electron chi connectivity index (χ2n) is 5.89. The van der Waals surface area contributed by atoms with Gasteiger partial charge in [0.1, 0.15) is 0 Å². The molecule has 4 nitrogen and oxygen atoms in total. The van der Waals surface area contributed by atoms with Crippen molar-refractivity contribution in [1.82, 2.24) is 9.88 Å². The summed E-state index contributed by atoms with van der Waals surface area (Å²) < 4.78 is 0. The predicted molar refractivity (Wildman–Crippen MR) is 87.9 cm³/mol. The van der Waals surface area contributed by atoms with Crippen LogP contribution < -0.4 is 10.9 Å². The number of aromatic amines is 1. The summed E-state index contributed by atoms with van der Waals surface area (Å²) in [7, 11) is 0. The predicted octanol–water partition coefficient (Wildman–Crippen LogP) is 2.81. The van der Waals surface area contributed by atoms with Gasteiger partial charge in [0.25, 0.3) is 5.56 Å². The van der Waals surface area contributed by atoms with E-state index in [2.05, 4.69) is 28.2 Å². The highest BCUT2D eigenvalue weighted by molar-refractivity contribution is 5.84. The first-order valence-electron chi connectivity index (χ1n) is 7.86. The van der Waals surface area contributed by atoms with E-state index in [-0.39, 0.29) is 5.56 Å². The summed E-state index contributed by atoms with van der Waals surface area (Å²) >= 11 is 0. The Balaban J connectivity index is 1.74. The Labute approximate surface area is 125 Å². The zero-order chi connectivity index (χ0) is 14.7. The number of piperidine rings is 1. The summed E-state index contributed by atoms with van der Waals surface area (Å²) in [6, 6.07) is 8.44. The van der Waals surface area contributed by atoms with Crippen molar-refractivity contribution >= 4 is 16.5 Å². The molecule has 0 bridgehead atoms. The van der Waals surface area contributed by atoms with E-state index in [0.29, 0.717) is 6.04 Å². The number of hydrogen-bond acceptors (Lipinski definition) is 3. The van der Waals surface area contributed by atoms with Crippen molar-refractivity contribution in [3.05, 3.63) is 40.8 Å². The van der Waals surface area contributed by atoms with Crippen LogP contribution in [0.3, 0.4) is 0 Å². The average Bonchev–Trinajstić information content (AvgIpc) is 2.48. The summed E-state index contributed by atoms with van der Waals surface area (Å²) in [6.07, 6.45) is 5.39. The van der Waals surface area contributed by atoms with Crippen LogP contribution >= 0.6 is 0 Å². The van der Waals surface area contributed by atoms with E-state index in [1.165, 1.54) is 32.4 Å². The fourth-order valence-corrected chi connectivity index (χ4v) is 3.21. The Morgan fingerprint density at radius 3 is 3.14 bits per heavy atom. The molecule has 1 aromatic heterocycles. The van der Waals surface area contributed by atoms with Gasteiger partial charge in [-0.3, -0.25) is 4.79 Å². The molecule has 4 heteroatoms. The fourth-order valence-electron chi connectivity index (χ4n) is 3.21. The van der Waals surface area contributed by atoms with Crippen molar-refractivity contribution in [3.8, 4) is 0 Å². The first kappa shape index (κ1) is 14.1. The van der Waals surface area contributed by atoms with E-state index in [9.17, 15) is 4.79 Å². The van der Waals surface area contributed by atoms with Gasteiger partial charge in [-0.2, -0.15) is 0 Å². The lowest BCUT2D eigenvalue weighted by Gasteiger charge is -2.33. The normalized spacial score (nSPS) is 19.8. The largest absolute Gasteiger partial charge is 0.381 e. The van der Waals surface area contributed by atoms with Gasteiger partial charge >= 0.3 is 0 Å². The zero-order valence-corrected chi connectivity index (χ0v) is 12.6. The van der Waals surface area contributed by atoms with Crippen molar-refractivity contribution in [2.75, 3.05) is 25.0 Å². The van der Waals surface area contributed by atoms with E-state index >= 15 is 0 Å². The van der Waals surface area contributed by atoms with E-state index in [1.54, 1.807) is 6.20 Å². The molecule has 112 valence electrons. The molecule has 1 fully saturated rings. The third-order valence-electron chi connectivity index (χ3n) is 4.19. The van der Waals surface area contributed by atoms with Crippen molar-refractivity contribution < 1.29 is 0 Å². The van der Waals surface area contributed by atoms with Crippen LogP contribution in [0.2, 0.25) is 0 Å². The van der Waals surface area contributed by atoms with Crippen molar-refractivity contribution in [3.63, 3.8) is 0 Å². The van der Waals surface area contributed by atoms with Crippen molar-refractivity contribution in [2.24, 2.45) is 0 Å². The van der Waals surface area contributed by atoms with Crippen LogP contribution in [0, 0.1) is 0 Å². The maximum Gasteiger partial charge on any atom is 0.255 e. The first-order valence-corrected chi connectivity index (χ1v) is 7.86. The number of rotatable bonds is 4. The van der Waals surface area contributed by atoms with Crippen LogP contribution in [0.1, 0.15) is 26.2 Å². The molecule has 0 amide bonds. The summed E-state index contributed by atoms with van der Waals surface area (Å²) in [4.78, 5) is 17.0. The maximum absolute atomic E-state index is 11.7. The maximum atomic E-state index is 11.7. The standard InChI is InChI=1S/C17H23N3O/c1-2-9-20-10-3-4-15(12-20)19-14-5-6-16-13(11-14)7-8-18-17(16)21/h5-8,11,15,19H,2-4,9-10,12H2,1H3,(H,18,21). The lowest BCUT2D eigenvalue weighted by atomic mass is 10.0. The minimum Gasteiger partial charge on any atom is -0.381 e. The number of nitrogens with one attached hydrogen (secondary N) is 2. The number of pyridine rings is 1. The molecule has 1 aromatic carbocycles.